The molecule has 32 heavy (non-hydrogen) atoms. The maximum Gasteiger partial charge on any atom is 0.433 e. The van der Waals surface area contributed by atoms with Crippen LogP contribution in [0.5, 0.6) is 0 Å². The Morgan fingerprint density at radius 1 is 0.781 bits per heavy atom. The minimum atomic E-state index is -4.53. The van der Waals surface area contributed by atoms with E-state index in [0.717, 1.165) is 33.9 Å². The molecule has 1 atom stereocenters. The Bertz CT molecular complexity index is 1320. The highest BCUT2D eigenvalue weighted by atomic mass is 19.4. The van der Waals surface area contributed by atoms with Crippen LogP contribution in [-0.4, -0.2) is 20.8 Å². The average molecular weight is 431 g/mol. The van der Waals surface area contributed by atoms with Gasteiger partial charge in [-0.05, 0) is 28.8 Å². The molecule has 1 aliphatic rings. The topological polar surface area (TPSA) is 77.0 Å². The summed E-state index contributed by atoms with van der Waals surface area (Å²) < 4.78 is 39.4. The van der Waals surface area contributed by atoms with Crippen LogP contribution in [0.4, 0.5) is 13.2 Å². The molecule has 0 saturated carbocycles. The van der Waals surface area contributed by atoms with Gasteiger partial charge in [0.15, 0.2) is 0 Å². The summed E-state index contributed by atoms with van der Waals surface area (Å²) in [4.78, 5) is 16.6. The fourth-order valence-electron chi connectivity index (χ4n) is 4.08. The number of fused-ring (bicyclic) bond motifs is 1. The van der Waals surface area contributed by atoms with Crippen molar-refractivity contribution in [3.05, 3.63) is 114 Å². The van der Waals surface area contributed by atoms with Gasteiger partial charge >= 0.3 is 6.18 Å². The predicted octanol–water partition coefficient (Wildman–Crippen LogP) is 4.57. The standard InChI is InChI=1S/C24H16F3N5/c25-24(26,27)21-9-8-18(13-31-21)23(20-7-2-1-6-19(20)22(28)32-23)17-5-3-4-15(10-17)16-11-29-14-30-12-16/h1-14H,(H2,28,32). The first-order chi connectivity index (χ1) is 15.4. The van der Waals surface area contributed by atoms with E-state index in [2.05, 4.69) is 15.0 Å². The SMILES string of the molecule is NC1=NC(c2ccc(C(F)(F)F)nc2)(c2cccc(-c3cncnc3)c2)c2ccccc21. The van der Waals surface area contributed by atoms with Crippen LogP contribution in [0.3, 0.4) is 0 Å². The second-order valence-corrected chi connectivity index (χ2v) is 7.39. The molecule has 5 rings (SSSR count). The Balaban J connectivity index is 1.75. The number of alkyl halides is 3. The zero-order chi connectivity index (χ0) is 22.3. The molecule has 158 valence electrons. The van der Waals surface area contributed by atoms with E-state index in [4.69, 9.17) is 10.7 Å². The van der Waals surface area contributed by atoms with E-state index in [1.807, 2.05) is 48.5 Å². The number of hydrogen-bond donors (Lipinski definition) is 1. The number of rotatable bonds is 3. The van der Waals surface area contributed by atoms with E-state index < -0.39 is 17.4 Å². The largest absolute Gasteiger partial charge is 0.433 e. The van der Waals surface area contributed by atoms with E-state index in [-0.39, 0.29) is 0 Å². The van der Waals surface area contributed by atoms with Crippen molar-refractivity contribution in [1.82, 2.24) is 15.0 Å². The van der Waals surface area contributed by atoms with Crippen LogP contribution in [0.15, 0.2) is 90.6 Å². The third-order valence-electron chi connectivity index (χ3n) is 5.53. The molecular weight excluding hydrogens is 415 g/mol. The molecule has 1 unspecified atom stereocenters. The van der Waals surface area contributed by atoms with Gasteiger partial charge in [-0.25, -0.2) is 15.0 Å². The zero-order valence-electron chi connectivity index (χ0n) is 16.6. The Labute approximate surface area is 181 Å². The van der Waals surface area contributed by atoms with Crippen LogP contribution in [-0.2, 0) is 11.7 Å². The molecule has 3 heterocycles. The fraction of sp³-hybridized carbons (Fsp3) is 0.0833. The minimum absolute atomic E-state index is 0.314. The lowest BCUT2D eigenvalue weighted by Crippen LogP contribution is -2.26. The highest BCUT2D eigenvalue weighted by Crippen LogP contribution is 2.46. The molecule has 4 aromatic rings. The maximum absolute atomic E-state index is 13.1. The molecule has 2 aromatic carbocycles. The monoisotopic (exact) mass is 431 g/mol. The summed E-state index contributed by atoms with van der Waals surface area (Å²) in [5.74, 6) is 0.314. The van der Waals surface area contributed by atoms with E-state index in [9.17, 15) is 13.2 Å². The number of hydrogen-bond acceptors (Lipinski definition) is 5. The van der Waals surface area contributed by atoms with E-state index in [1.54, 1.807) is 12.4 Å². The molecule has 0 spiro atoms. The number of nitrogens with two attached hydrogens (primary N) is 1. The number of amidine groups is 1. The first-order valence-corrected chi connectivity index (χ1v) is 9.74. The number of aromatic nitrogens is 3. The van der Waals surface area contributed by atoms with E-state index in [0.29, 0.717) is 11.4 Å². The van der Waals surface area contributed by atoms with Crippen LogP contribution >= 0.6 is 0 Å². The van der Waals surface area contributed by atoms with Crippen LogP contribution < -0.4 is 5.73 Å². The molecule has 0 amide bonds. The van der Waals surface area contributed by atoms with Gasteiger partial charge < -0.3 is 5.73 Å². The molecule has 0 radical (unpaired) electrons. The van der Waals surface area contributed by atoms with Gasteiger partial charge in [0.25, 0.3) is 0 Å². The quantitative estimate of drug-likeness (QED) is 0.516. The van der Waals surface area contributed by atoms with Crippen molar-refractivity contribution in [2.45, 2.75) is 11.7 Å². The fourth-order valence-corrected chi connectivity index (χ4v) is 4.08. The van der Waals surface area contributed by atoms with Gasteiger partial charge in [-0.1, -0.05) is 48.5 Å². The first-order valence-electron chi connectivity index (χ1n) is 9.74. The van der Waals surface area contributed by atoms with Crippen LogP contribution in [0.25, 0.3) is 11.1 Å². The predicted molar refractivity (Wildman–Crippen MR) is 114 cm³/mol. The lowest BCUT2D eigenvalue weighted by atomic mass is 9.77. The average Bonchev–Trinajstić information content (AvgIpc) is 3.13. The second kappa shape index (κ2) is 7.26. The summed E-state index contributed by atoms with van der Waals surface area (Å²) in [6, 6.07) is 17.4. The summed E-state index contributed by atoms with van der Waals surface area (Å²) >= 11 is 0. The molecule has 5 nitrogen and oxygen atoms in total. The van der Waals surface area contributed by atoms with Crippen molar-refractivity contribution in [2.75, 3.05) is 0 Å². The maximum atomic E-state index is 13.1. The molecule has 0 saturated heterocycles. The van der Waals surface area contributed by atoms with Gasteiger partial charge in [0.2, 0.25) is 0 Å². The van der Waals surface area contributed by atoms with Gasteiger partial charge in [0, 0.05) is 35.3 Å². The summed E-state index contributed by atoms with van der Waals surface area (Å²) in [6.45, 7) is 0. The smallest absolute Gasteiger partial charge is 0.383 e. The lowest BCUT2D eigenvalue weighted by Gasteiger charge is -2.29. The lowest BCUT2D eigenvalue weighted by molar-refractivity contribution is -0.141. The highest BCUT2D eigenvalue weighted by molar-refractivity contribution is 6.03. The van der Waals surface area contributed by atoms with Crippen LogP contribution in [0.1, 0.15) is 27.9 Å². The van der Waals surface area contributed by atoms with E-state index in [1.165, 1.54) is 18.6 Å². The summed E-state index contributed by atoms with van der Waals surface area (Å²) in [6.07, 6.45) is 1.52. The minimum Gasteiger partial charge on any atom is -0.383 e. The number of nitrogens with zero attached hydrogens (tertiary/aromatic N) is 4. The Kier molecular flexibility index (Phi) is 4.51. The van der Waals surface area contributed by atoms with Gasteiger partial charge in [-0.15, -0.1) is 0 Å². The summed E-state index contributed by atoms with van der Waals surface area (Å²) in [5, 5.41) is 0. The van der Waals surface area contributed by atoms with Crippen molar-refractivity contribution in [1.29, 1.82) is 0 Å². The van der Waals surface area contributed by atoms with Crippen molar-refractivity contribution in [3.8, 4) is 11.1 Å². The molecule has 8 heteroatoms. The number of benzene rings is 2. The zero-order valence-corrected chi connectivity index (χ0v) is 16.6. The Morgan fingerprint density at radius 3 is 2.28 bits per heavy atom. The molecule has 0 bridgehead atoms. The number of aliphatic imine (C=N–C) groups is 1. The van der Waals surface area contributed by atoms with Crippen molar-refractivity contribution in [3.63, 3.8) is 0 Å². The summed E-state index contributed by atoms with van der Waals surface area (Å²) in [7, 11) is 0. The molecule has 0 fully saturated rings. The molecular formula is C24H16F3N5. The van der Waals surface area contributed by atoms with Crippen molar-refractivity contribution in [2.24, 2.45) is 10.7 Å². The third-order valence-corrected chi connectivity index (χ3v) is 5.53. The van der Waals surface area contributed by atoms with Crippen LogP contribution in [0, 0.1) is 0 Å². The Hall–Kier alpha value is -4.07. The second-order valence-electron chi connectivity index (χ2n) is 7.39. The number of halogens is 3. The molecule has 2 aromatic heterocycles. The van der Waals surface area contributed by atoms with E-state index >= 15 is 0 Å². The normalized spacial score (nSPS) is 17.7. The Morgan fingerprint density at radius 2 is 1.56 bits per heavy atom. The van der Waals surface area contributed by atoms with Gasteiger partial charge in [0.1, 0.15) is 23.4 Å². The third kappa shape index (κ3) is 3.11. The highest BCUT2D eigenvalue weighted by Gasteiger charge is 2.43. The van der Waals surface area contributed by atoms with Crippen LogP contribution in [0.2, 0.25) is 0 Å². The first kappa shape index (κ1) is 19.9. The number of pyridine rings is 1. The summed E-state index contributed by atoms with van der Waals surface area (Å²) in [5.41, 5.74) is 8.57. The molecule has 0 aliphatic carbocycles. The van der Waals surface area contributed by atoms with Gasteiger partial charge in [0.05, 0.1) is 0 Å². The van der Waals surface area contributed by atoms with Crippen molar-refractivity contribution >= 4 is 5.84 Å². The molecule has 2 N–H and O–H groups in total. The molecule has 1 aliphatic heterocycles. The van der Waals surface area contributed by atoms with Gasteiger partial charge in [-0.3, -0.25) is 4.98 Å². The van der Waals surface area contributed by atoms with Crippen molar-refractivity contribution < 1.29 is 13.2 Å². The van der Waals surface area contributed by atoms with Gasteiger partial charge in [-0.2, -0.15) is 13.2 Å².